The molecule has 0 fully saturated rings. The van der Waals surface area contributed by atoms with Crippen LogP contribution in [0.1, 0.15) is 25.7 Å². The summed E-state index contributed by atoms with van der Waals surface area (Å²) in [6.45, 7) is 0.775. The normalized spacial score (nSPS) is 15.8. The molecule has 0 radical (unpaired) electrons. The van der Waals surface area contributed by atoms with Crippen LogP contribution in [0, 0.1) is 0 Å². The second kappa shape index (κ2) is 6.09. The van der Waals surface area contributed by atoms with E-state index in [1.54, 1.807) is 0 Å². The van der Waals surface area contributed by atoms with Gasteiger partial charge in [-0.1, -0.05) is 29.8 Å². The van der Waals surface area contributed by atoms with E-state index in [1.807, 2.05) is 30.3 Å². The first-order valence-corrected chi connectivity index (χ1v) is 6.14. The Balaban J connectivity index is 1.77. The van der Waals surface area contributed by atoms with Gasteiger partial charge in [0, 0.05) is 12.2 Å². The van der Waals surface area contributed by atoms with Gasteiger partial charge >= 0.3 is 0 Å². The molecule has 0 heterocycles. The van der Waals surface area contributed by atoms with Crippen LogP contribution >= 0.6 is 0 Å². The van der Waals surface area contributed by atoms with Gasteiger partial charge in [0.1, 0.15) is 0 Å². The molecule has 0 unspecified atom stereocenters. The lowest BCUT2D eigenvalue weighted by molar-refractivity contribution is 0.850. The molecule has 3 nitrogen and oxygen atoms in total. The first-order valence-electron chi connectivity index (χ1n) is 6.14. The van der Waals surface area contributed by atoms with Gasteiger partial charge in [-0.3, -0.25) is 4.99 Å². The quantitative estimate of drug-likeness (QED) is 0.474. The van der Waals surface area contributed by atoms with Crippen molar-refractivity contribution < 1.29 is 0 Å². The predicted molar refractivity (Wildman–Crippen MR) is 73.1 cm³/mol. The summed E-state index contributed by atoms with van der Waals surface area (Å²) in [6.07, 6.45) is 7.14. The van der Waals surface area contributed by atoms with E-state index in [0.29, 0.717) is 5.96 Å². The number of guanidine groups is 1. The fraction of sp³-hybridized carbons (Fsp3) is 0.357. The average molecular weight is 229 g/mol. The number of anilines is 1. The molecular weight excluding hydrogens is 210 g/mol. The summed E-state index contributed by atoms with van der Waals surface area (Å²) in [5.74, 6) is 0.495. The smallest absolute Gasteiger partial charge is 0.193 e. The van der Waals surface area contributed by atoms with Crippen LogP contribution in [0.3, 0.4) is 0 Å². The number of nitrogens with two attached hydrogens (primary N) is 1. The van der Waals surface area contributed by atoms with Crippen LogP contribution in [0.4, 0.5) is 5.69 Å². The number of aliphatic imine (C=N–C) groups is 1. The number of nitrogens with zero attached hydrogens (tertiary/aromatic N) is 1. The van der Waals surface area contributed by atoms with Gasteiger partial charge in [-0.25, -0.2) is 0 Å². The van der Waals surface area contributed by atoms with E-state index in [1.165, 1.54) is 24.8 Å². The van der Waals surface area contributed by atoms with Crippen LogP contribution in [0.15, 0.2) is 47.0 Å². The molecule has 17 heavy (non-hydrogen) atoms. The second-order valence-electron chi connectivity index (χ2n) is 4.26. The first-order chi connectivity index (χ1) is 8.34. The number of hydrogen-bond donors (Lipinski definition) is 2. The lowest BCUT2D eigenvalue weighted by Crippen LogP contribution is -2.22. The number of nitrogens with one attached hydrogen (secondary N) is 1. The van der Waals surface area contributed by atoms with E-state index in [-0.39, 0.29) is 0 Å². The van der Waals surface area contributed by atoms with Gasteiger partial charge in [-0.05, 0) is 37.8 Å². The van der Waals surface area contributed by atoms with Crippen LogP contribution in [0.5, 0.6) is 0 Å². The third kappa shape index (κ3) is 3.94. The highest BCUT2D eigenvalue weighted by Gasteiger charge is 2.03. The van der Waals surface area contributed by atoms with Crippen molar-refractivity contribution in [3.8, 4) is 0 Å². The van der Waals surface area contributed by atoms with E-state index >= 15 is 0 Å². The number of rotatable bonds is 4. The third-order valence-corrected chi connectivity index (χ3v) is 2.90. The van der Waals surface area contributed by atoms with Gasteiger partial charge in [-0.15, -0.1) is 0 Å². The molecule has 0 amide bonds. The molecule has 3 N–H and O–H groups in total. The van der Waals surface area contributed by atoms with Crippen LogP contribution in [0.25, 0.3) is 0 Å². The van der Waals surface area contributed by atoms with Crippen LogP contribution in [-0.4, -0.2) is 12.5 Å². The number of allylic oxidation sites excluding steroid dienone is 1. The molecule has 2 rings (SSSR count). The van der Waals surface area contributed by atoms with Gasteiger partial charge in [-0.2, -0.15) is 0 Å². The molecule has 0 saturated heterocycles. The van der Waals surface area contributed by atoms with Crippen molar-refractivity contribution in [2.45, 2.75) is 25.7 Å². The Kier molecular flexibility index (Phi) is 4.19. The van der Waals surface area contributed by atoms with Crippen molar-refractivity contribution in [2.24, 2.45) is 10.7 Å². The minimum absolute atomic E-state index is 0.495. The molecule has 0 aromatic heterocycles. The van der Waals surface area contributed by atoms with Crippen LogP contribution in [-0.2, 0) is 0 Å². The monoisotopic (exact) mass is 229 g/mol. The molecule has 1 aromatic rings. The molecule has 0 saturated carbocycles. The van der Waals surface area contributed by atoms with Gasteiger partial charge in [0.2, 0.25) is 0 Å². The maximum absolute atomic E-state index is 5.81. The number of hydrogen-bond acceptors (Lipinski definition) is 1. The SMILES string of the molecule is NC(=NCCC1=CCCC1)Nc1ccccc1. The highest BCUT2D eigenvalue weighted by Crippen LogP contribution is 2.20. The second-order valence-corrected chi connectivity index (χ2v) is 4.26. The van der Waals surface area contributed by atoms with E-state index in [2.05, 4.69) is 16.4 Å². The molecule has 90 valence electrons. The van der Waals surface area contributed by atoms with Gasteiger partial charge < -0.3 is 11.1 Å². The predicted octanol–water partition coefficient (Wildman–Crippen LogP) is 2.91. The molecule has 3 heteroatoms. The van der Waals surface area contributed by atoms with Crippen molar-refractivity contribution >= 4 is 11.6 Å². The lowest BCUT2D eigenvalue weighted by atomic mass is 10.2. The molecule has 1 aliphatic rings. The highest BCUT2D eigenvalue weighted by molar-refractivity contribution is 5.92. The van der Waals surface area contributed by atoms with E-state index in [0.717, 1.165) is 18.7 Å². The maximum Gasteiger partial charge on any atom is 0.193 e. The minimum Gasteiger partial charge on any atom is -0.370 e. The standard InChI is InChI=1S/C14H19N3/c15-14(17-13-8-2-1-3-9-13)16-11-10-12-6-4-5-7-12/h1-3,6,8-9H,4-5,7,10-11H2,(H3,15,16,17). The minimum atomic E-state index is 0.495. The Morgan fingerprint density at radius 2 is 2.12 bits per heavy atom. The van der Waals surface area contributed by atoms with E-state index in [4.69, 9.17) is 5.73 Å². The Labute approximate surface area is 102 Å². The van der Waals surface area contributed by atoms with Crippen molar-refractivity contribution in [3.05, 3.63) is 42.0 Å². The van der Waals surface area contributed by atoms with Crippen molar-refractivity contribution in [2.75, 3.05) is 11.9 Å². The van der Waals surface area contributed by atoms with Gasteiger partial charge in [0.15, 0.2) is 5.96 Å². The summed E-state index contributed by atoms with van der Waals surface area (Å²) in [4.78, 5) is 4.33. The Morgan fingerprint density at radius 1 is 1.29 bits per heavy atom. The number of benzene rings is 1. The lowest BCUT2D eigenvalue weighted by Gasteiger charge is -2.05. The summed E-state index contributed by atoms with van der Waals surface area (Å²) in [6, 6.07) is 9.87. The van der Waals surface area contributed by atoms with Crippen LogP contribution in [0.2, 0.25) is 0 Å². The van der Waals surface area contributed by atoms with Crippen molar-refractivity contribution in [1.82, 2.24) is 0 Å². The van der Waals surface area contributed by atoms with Crippen molar-refractivity contribution in [3.63, 3.8) is 0 Å². The molecule has 1 aromatic carbocycles. The Morgan fingerprint density at radius 3 is 2.82 bits per heavy atom. The van der Waals surface area contributed by atoms with Crippen molar-refractivity contribution in [1.29, 1.82) is 0 Å². The number of para-hydroxylation sites is 1. The highest BCUT2D eigenvalue weighted by atomic mass is 15.1. The van der Waals surface area contributed by atoms with E-state index < -0.39 is 0 Å². The zero-order chi connectivity index (χ0) is 11.9. The maximum atomic E-state index is 5.81. The molecule has 0 atom stereocenters. The molecule has 1 aliphatic carbocycles. The van der Waals surface area contributed by atoms with Gasteiger partial charge in [0.05, 0.1) is 0 Å². The first kappa shape index (κ1) is 11.7. The van der Waals surface area contributed by atoms with E-state index in [9.17, 15) is 0 Å². The zero-order valence-corrected chi connectivity index (χ0v) is 10.0. The summed E-state index contributed by atoms with van der Waals surface area (Å²) >= 11 is 0. The summed E-state index contributed by atoms with van der Waals surface area (Å²) in [5, 5.41) is 3.08. The molecule has 0 aliphatic heterocycles. The summed E-state index contributed by atoms with van der Waals surface area (Å²) < 4.78 is 0. The molecule has 0 spiro atoms. The topological polar surface area (TPSA) is 50.4 Å². The largest absolute Gasteiger partial charge is 0.370 e. The third-order valence-electron chi connectivity index (χ3n) is 2.90. The summed E-state index contributed by atoms with van der Waals surface area (Å²) in [5.41, 5.74) is 8.32. The average Bonchev–Trinajstić information content (AvgIpc) is 2.83. The fourth-order valence-electron chi connectivity index (χ4n) is 1.99. The Hall–Kier alpha value is -1.77. The Bertz CT molecular complexity index is 407. The summed E-state index contributed by atoms with van der Waals surface area (Å²) in [7, 11) is 0. The molecule has 0 bridgehead atoms. The fourth-order valence-corrected chi connectivity index (χ4v) is 1.99. The van der Waals surface area contributed by atoms with Crippen LogP contribution < -0.4 is 11.1 Å². The molecular formula is C14H19N3. The zero-order valence-electron chi connectivity index (χ0n) is 10.0. The van der Waals surface area contributed by atoms with Gasteiger partial charge in [0.25, 0.3) is 0 Å².